The van der Waals surface area contributed by atoms with Gasteiger partial charge in [-0.2, -0.15) is 0 Å². The third-order valence-corrected chi connectivity index (χ3v) is 9.55. The van der Waals surface area contributed by atoms with Crippen molar-refractivity contribution < 1.29 is 18.1 Å². The fraction of sp³-hybridized carbons (Fsp3) is 0.435. The molecule has 2 aliphatic carbocycles. The van der Waals surface area contributed by atoms with Gasteiger partial charge in [-0.1, -0.05) is 34.0 Å². The van der Waals surface area contributed by atoms with Crippen molar-refractivity contribution in [3.8, 4) is 0 Å². The van der Waals surface area contributed by atoms with E-state index in [-0.39, 0.29) is 21.6 Å². The number of nitrogens with one attached hydrogen (secondary N) is 1. The maximum atomic E-state index is 13.6. The van der Waals surface area contributed by atoms with Gasteiger partial charge < -0.3 is 5.32 Å². The van der Waals surface area contributed by atoms with Gasteiger partial charge in [0.25, 0.3) is 15.7 Å². The Morgan fingerprint density at radius 2 is 1.94 bits per heavy atom. The van der Waals surface area contributed by atoms with E-state index in [1.807, 2.05) is 6.92 Å². The lowest BCUT2D eigenvalue weighted by Gasteiger charge is -2.30. The summed E-state index contributed by atoms with van der Waals surface area (Å²) in [5, 5.41) is 14.1. The Morgan fingerprint density at radius 3 is 2.53 bits per heavy atom. The van der Waals surface area contributed by atoms with E-state index in [4.69, 9.17) is 11.6 Å². The summed E-state index contributed by atoms with van der Waals surface area (Å²) < 4.78 is 28.8. The topological polar surface area (TPSA) is 110 Å². The zero-order valence-electron chi connectivity index (χ0n) is 18.5. The summed E-state index contributed by atoms with van der Waals surface area (Å²) in [5.74, 6) is 1.32. The number of anilines is 1. The summed E-state index contributed by atoms with van der Waals surface area (Å²) in [6.07, 6.45) is 4.74. The van der Waals surface area contributed by atoms with Crippen LogP contribution < -0.4 is 9.62 Å². The number of nitrogens with zero attached hydrogens (tertiary/aromatic N) is 2. The molecule has 0 heterocycles. The Morgan fingerprint density at radius 1 is 1.24 bits per heavy atom. The van der Waals surface area contributed by atoms with Crippen molar-refractivity contribution in [2.45, 2.75) is 43.5 Å². The molecule has 4 atom stereocenters. The number of amides is 1. The van der Waals surface area contributed by atoms with Gasteiger partial charge in [0.05, 0.1) is 15.5 Å². The fourth-order valence-corrected chi connectivity index (χ4v) is 7.18. The molecule has 2 fully saturated rings. The van der Waals surface area contributed by atoms with Crippen molar-refractivity contribution in [3.63, 3.8) is 0 Å². The van der Waals surface area contributed by atoms with Crippen molar-refractivity contribution in [2.75, 3.05) is 10.8 Å². The van der Waals surface area contributed by atoms with Gasteiger partial charge in [-0.3, -0.25) is 19.2 Å². The molecule has 0 unspecified atom stereocenters. The largest absolute Gasteiger partial charge is 0.352 e. The molecule has 4 rings (SSSR count). The molecule has 1 N–H and O–H groups in total. The minimum absolute atomic E-state index is 0.0612. The molecule has 34 heavy (non-hydrogen) atoms. The van der Waals surface area contributed by atoms with Crippen LogP contribution in [0.4, 0.5) is 11.4 Å². The van der Waals surface area contributed by atoms with E-state index in [0.29, 0.717) is 11.8 Å². The SMILES string of the molecule is C[C@H](NC(=O)CN(c1ccc(Br)cc1)S(=O)(=O)c1ccc(Cl)c([N+](=O)[O-])c1)[C@@H]1C[C@@H]2CC[C@@H]1C2. The maximum absolute atomic E-state index is 13.6. The number of fused-ring (bicyclic) bond motifs is 2. The summed E-state index contributed by atoms with van der Waals surface area (Å²) in [4.78, 5) is 23.3. The van der Waals surface area contributed by atoms with Crippen molar-refractivity contribution in [3.05, 3.63) is 62.1 Å². The van der Waals surface area contributed by atoms with Crippen LogP contribution in [0.1, 0.15) is 32.6 Å². The van der Waals surface area contributed by atoms with E-state index in [2.05, 4.69) is 21.2 Å². The van der Waals surface area contributed by atoms with Crippen LogP contribution in [-0.2, 0) is 14.8 Å². The fourth-order valence-electron chi connectivity index (χ4n) is 5.29. The van der Waals surface area contributed by atoms with E-state index in [9.17, 15) is 23.3 Å². The van der Waals surface area contributed by atoms with Gasteiger partial charge in [-0.05, 0) is 80.3 Å². The first-order valence-electron chi connectivity index (χ1n) is 11.1. The molecule has 0 aromatic heterocycles. The number of hydrogen-bond donors (Lipinski definition) is 1. The minimum atomic E-state index is -4.30. The third kappa shape index (κ3) is 5.08. The van der Waals surface area contributed by atoms with Gasteiger partial charge in [-0.15, -0.1) is 0 Å². The lowest BCUT2D eigenvalue weighted by Crippen LogP contribution is -2.46. The van der Waals surface area contributed by atoms with Crippen LogP contribution in [0.15, 0.2) is 51.8 Å². The van der Waals surface area contributed by atoms with Gasteiger partial charge in [0, 0.05) is 16.6 Å². The minimum Gasteiger partial charge on any atom is -0.352 e. The third-order valence-electron chi connectivity index (χ3n) is 6.93. The molecule has 2 aromatic carbocycles. The zero-order chi connectivity index (χ0) is 24.6. The normalized spacial score (nSPS) is 22.4. The Balaban J connectivity index is 1.60. The number of nitro benzene ring substituents is 1. The summed E-state index contributed by atoms with van der Waals surface area (Å²) in [5.41, 5.74) is -0.253. The molecule has 0 saturated heterocycles. The second-order valence-corrected chi connectivity index (χ2v) is 12.2. The number of benzene rings is 2. The van der Waals surface area contributed by atoms with Gasteiger partial charge in [-0.25, -0.2) is 8.42 Å². The molecule has 0 aliphatic heterocycles. The van der Waals surface area contributed by atoms with Crippen molar-refractivity contribution >= 4 is 54.8 Å². The molecule has 182 valence electrons. The highest BCUT2D eigenvalue weighted by molar-refractivity contribution is 9.10. The lowest BCUT2D eigenvalue weighted by atomic mass is 9.84. The average molecular weight is 571 g/mol. The number of rotatable bonds is 8. The predicted octanol–water partition coefficient (Wildman–Crippen LogP) is 5.15. The molecule has 2 bridgehead atoms. The molecule has 0 radical (unpaired) electrons. The number of halogens is 2. The molecule has 1 amide bonds. The Kier molecular flexibility index (Phi) is 7.21. The number of carbonyl (C=O) groups is 1. The smallest absolute Gasteiger partial charge is 0.289 e. The van der Waals surface area contributed by atoms with E-state index >= 15 is 0 Å². The van der Waals surface area contributed by atoms with Crippen LogP contribution in [0, 0.1) is 27.9 Å². The zero-order valence-corrected chi connectivity index (χ0v) is 21.6. The predicted molar refractivity (Wildman–Crippen MR) is 133 cm³/mol. The van der Waals surface area contributed by atoms with Crippen LogP contribution in [0.25, 0.3) is 0 Å². The highest BCUT2D eigenvalue weighted by atomic mass is 79.9. The van der Waals surface area contributed by atoms with Gasteiger partial charge in [0.2, 0.25) is 5.91 Å². The molecule has 2 saturated carbocycles. The second-order valence-electron chi connectivity index (χ2n) is 9.05. The van der Waals surface area contributed by atoms with E-state index in [0.717, 1.165) is 27.2 Å². The lowest BCUT2D eigenvalue weighted by molar-refractivity contribution is -0.384. The number of hydrogen-bond acceptors (Lipinski definition) is 5. The summed E-state index contributed by atoms with van der Waals surface area (Å²) in [7, 11) is -4.30. The van der Waals surface area contributed by atoms with Crippen molar-refractivity contribution in [2.24, 2.45) is 17.8 Å². The highest BCUT2D eigenvalue weighted by Gasteiger charge is 2.42. The molecule has 2 aromatic rings. The summed E-state index contributed by atoms with van der Waals surface area (Å²) >= 11 is 9.19. The van der Waals surface area contributed by atoms with Crippen LogP contribution >= 0.6 is 27.5 Å². The molecule has 0 spiro atoms. The second kappa shape index (κ2) is 9.83. The van der Waals surface area contributed by atoms with Gasteiger partial charge in [0.15, 0.2) is 0 Å². The van der Waals surface area contributed by atoms with E-state index in [1.54, 1.807) is 24.3 Å². The Hall–Kier alpha value is -2.17. The number of carbonyl (C=O) groups excluding carboxylic acids is 1. The Labute approximate surface area is 212 Å². The summed E-state index contributed by atoms with van der Waals surface area (Å²) in [6.45, 7) is 1.52. The van der Waals surface area contributed by atoms with Crippen molar-refractivity contribution in [1.29, 1.82) is 0 Å². The Bertz CT molecular complexity index is 1210. The van der Waals surface area contributed by atoms with Crippen LogP contribution in [-0.4, -0.2) is 31.8 Å². The standard InChI is InChI=1S/C23H25BrClN3O5S/c1-14(20-11-15-2-3-16(20)10-15)26-23(29)13-27(18-6-4-17(24)5-7-18)34(32,33)19-8-9-21(25)22(12-19)28(30)31/h4-9,12,14-16,20H,2-3,10-11,13H2,1H3,(H,26,29)/t14-,15+,16+,20-/m0/s1. The van der Waals surface area contributed by atoms with Gasteiger partial charge >= 0.3 is 0 Å². The number of sulfonamides is 1. The molecule has 11 heteroatoms. The quantitative estimate of drug-likeness (QED) is 0.349. The highest BCUT2D eigenvalue weighted by Crippen LogP contribution is 2.49. The molecule has 8 nitrogen and oxygen atoms in total. The van der Waals surface area contributed by atoms with Crippen molar-refractivity contribution in [1.82, 2.24) is 5.32 Å². The average Bonchev–Trinajstić information content (AvgIpc) is 3.42. The first-order valence-corrected chi connectivity index (χ1v) is 13.7. The van der Waals surface area contributed by atoms with Crippen LogP contribution in [0.5, 0.6) is 0 Å². The monoisotopic (exact) mass is 569 g/mol. The summed E-state index contributed by atoms with van der Waals surface area (Å²) in [6, 6.07) is 9.69. The van der Waals surface area contributed by atoms with Crippen LogP contribution in [0.2, 0.25) is 5.02 Å². The molecular formula is C23H25BrClN3O5S. The first kappa shape index (κ1) is 24.9. The van der Waals surface area contributed by atoms with E-state index < -0.39 is 33.1 Å². The van der Waals surface area contributed by atoms with Crippen LogP contribution in [0.3, 0.4) is 0 Å². The van der Waals surface area contributed by atoms with E-state index in [1.165, 1.54) is 31.4 Å². The number of nitro groups is 1. The first-order chi connectivity index (χ1) is 16.1. The molecular weight excluding hydrogens is 546 g/mol. The molecule has 2 aliphatic rings. The maximum Gasteiger partial charge on any atom is 0.289 e. The van der Waals surface area contributed by atoms with Gasteiger partial charge in [0.1, 0.15) is 11.6 Å².